The number of alkyl carbamates (subject to hydrolysis) is 1. The van der Waals surface area contributed by atoms with Crippen molar-refractivity contribution in [3.63, 3.8) is 0 Å². The van der Waals surface area contributed by atoms with Crippen LogP contribution < -0.4 is 5.32 Å². The summed E-state index contributed by atoms with van der Waals surface area (Å²) in [6.07, 6.45) is 3.70. The lowest BCUT2D eigenvalue weighted by molar-refractivity contribution is -0.174. The lowest BCUT2D eigenvalue weighted by Gasteiger charge is -2.29. The van der Waals surface area contributed by atoms with Crippen LogP contribution in [0.4, 0.5) is 4.79 Å². The minimum Gasteiger partial charge on any atom is -0.444 e. The molecule has 2 atom stereocenters. The first kappa shape index (κ1) is 19.6. The molecule has 1 aliphatic carbocycles. The Morgan fingerprint density at radius 2 is 1.61 bits per heavy atom. The van der Waals surface area contributed by atoms with E-state index < -0.39 is 41.4 Å². The molecule has 1 N–H and O–H groups in total. The van der Waals surface area contributed by atoms with E-state index in [1.807, 2.05) is 6.08 Å². The van der Waals surface area contributed by atoms with Gasteiger partial charge in [0.25, 0.3) is 11.8 Å². The van der Waals surface area contributed by atoms with Crippen molar-refractivity contribution in [3.8, 4) is 0 Å². The predicted octanol–water partition coefficient (Wildman–Crippen LogP) is 2.60. The lowest BCUT2D eigenvalue weighted by Crippen LogP contribution is -2.47. The first-order chi connectivity index (χ1) is 13.2. The molecule has 0 radical (unpaired) electrons. The Hall–Kier alpha value is -3.16. The van der Waals surface area contributed by atoms with Gasteiger partial charge >= 0.3 is 12.1 Å². The Kier molecular flexibility index (Phi) is 5.22. The first-order valence-electron chi connectivity index (χ1n) is 9.01. The third-order valence-electron chi connectivity index (χ3n) is 4.38. The molecule has 1 aliphatic heterocycles. The van der Waals surface area contributed by atoms with Gasteiger partial charge in [-0.05, 0) is 45.7 Å². The Bertz CT molecular complexity index is 819. The summed E-state index contributed by atoms with van der Waals surface area (Å²) >= 11 is 0. The summed E-state index contributed by atoms with van der Waals surface area (Å²) in [7, 11) is 0. The van der Waals surface area contributed by atoms with E-state index in [1.165, 1.54) is 12.1 Å². The van der Waals surface area contributed by atoms with Gasteiger partial charge in [0.2, 0.25) is 0 Å². The van der Waals surface area contributed by atoms with E-state index in [9.17, 15) is 19.2 Å². The van der Waals surface area contributed by atoms with Crippen LogP contribution in [0.3, 0.4) is 0 Å². The molecule has 1 heterocycles. The van der Waals surface area contributed by atoms with Crippen LogP contribution in [0.5, 0.6) is 0 Å². The molecule has 3 amide bonds. The maximum Gasteiger partial charge on any atom is 0.407 e. The molecule has 0 unspecified atom stereocenters. The number of nitrogens with one attached hydrogen (secondary N) is 1. The van der Waals surface area contributed by atoms with Gasteiger partial charge in [-0.15, -0.1) is 0 Å². The van der Waals surface area contributed by atoms with Crippen LogP contribution in [0.1, 0.15) is 54.3 Å². The number of ether oxygens (including phenoxy) is 1. The largest absolute Gasteiger partial charge is 0.444 e. The van der Waals surface area contributed by atoms with Gasteiger partial charge in [-0.1, -0.05) is 29.3 Å². The minimum absolute atomic E-state index is 0.187. The average molecular weight is 386 g/mol. The number of allylic oxidation sites excluding steroid dienone is 1. The number of fused-ring (bicyclic) bond motifs is 1. The van der Waals surface area contributed by atoms with E-state index in [2.05, 4.69) is 5.32 Å². The Morgan fingerprint density at radius 3 is 2.18 bits per heavy atom. The van der Waals surface area contributed by atoms with Gasteiger partial charge in [0.1, 0.15) is 5.60 Å². The van der Waals surface area contributed by atoms with E-state index in [0.29, 0.717) is 17.9 Å². The van der Waals surface area contributed by atoms with Crippen molar-refractivity contribution in [2.75, 3.05) is 0 Å². The molecule has 8 heteroatoms. The quantitative estimate of drug-likeness (QED) is 0.633. The number of nitrogens with zero attached hydrogens (tertiary/aromatic N) is 1. The zero-order valence-electron chi connectivity index (χ0n) is 15.9. The summed E-state index contributed by atoms with van der Waals surface area (Å²) in [5, 5.41) is 3.15. The fourth-order valence-electron chi connectivity index (χ4n) is 3.10. The van der Waals surface area contributed by atoms with Crippen molar-refractivity contribution in [1.82, 2.24) is 10.4 Å². The third-order valence-corrected chi connectivity index (χ3v) is 4.38. The third kappa shape index (κ3) is 4.05. The maximum atomic E-state index is 12.7. The zero-order valence-corrected chi connectivity index (χ0v) is 15.9. The van der Waals surface area contributed by atoms with Crippen LogP contribution in [0, 0.1) is 5.92 Å². The van der Waals surface area contributed by atoms with Gasteiger partial charge in [-0.3, -0.25) is 9.59 Å². The first-order valence-corrected chi connectivity index (χ1v) is 9.01. The molecule has 8 nitrogen and oxygen atoms in total. The number of imide groups is 1. The van der Waals surface area contributed by atoms with Gasteiger partial charge < -0.3 is 14.9 Å². The predicted molar refractivity (Wildman–Crippen MR) is 98.1 cm³/mol. The van der Waals surface area contributed by atoms with Crippen LogP contribution in [0.2, 0.25) is 0 Å². The molecule has 3 rings (SSSR count). The van der Waals surface area contributed by atoms with Crippen molar-refractivity contribution >= 4 is 23.9 Å². The van der Waals surface area contributed by atoms with Crippen LogP contribution in [0.15, 0.2) is 36.4 Å². The van der Waals surface area contributed by atoms with E-state index in [0.717, 1.165) is 0 Å². The number of benzene rings is 1. The second kappa shape index (κ2) is 7.46. The highest BCUT2D eigenvalue weighted by molar-refractivity contribution is 6.20. The zero-order chi connectivity index (χ0) is 20.5. The van der Waals surface area contributed by atoms with Crippen LogP contribution in [-0.4, -0.2) is 40.6 Å². The molecular formula is C20H22N2O6. The Morgan fingerprint density at radius 1 is 1.04 bits per heavy atom. The molecule has 0 aromatic heterocycles. The lowest BCUT2D eigenvalue weighted by atomic mass is 9.89. The van der Waals surface area contributed by atoms with Crippen LogP contribution in [-0.2, 0) is 14.4 Å². The molecular weight excluding hydrogens is 364 g/mol. The van der Waals surface area contributed by atoms with E-state index in [4.69, 9.17) is 9.57 Å². The van der Waals surface area contributed by atoms with E-state index in [1.54, 1.807) is 39.0 Å². The highest BCUT2D eigenvalue weighted by Gasteiger charge is 2.41. The molecule has 0 saturated carbocycles. The van der Waals surface area contributed by atoms with Crippen LogP contribution >= 0.6 is 0 Å². The number of hydrogen-bond acceptors (Lipinski definition) is 6. The number of rotatable bonds is 3. The van der Waals surface area contributed by atoms with Gasteiger partial charge in [-0.2, -0.15) is 0 Å². The SMILES string of the molecule is CC(C)(C)OC(=O)N[C@@H]1CC=CC[C@@H]1C(=O)ON1C(=O)c2ccccc2C1=O. The fourth-order valence-corrected chi connectivity index (χ4v) is 3.10. The van der Waals surface area contributed by atoms with Crippen LogP contribution in [0.25, 0.3) is 0 Å². The van der Waals surface area contributed by atoms with Crippen molar-refractivity contribution in [2.45, 2.75) is 45.3 Å². The molecule has 1 aromatic carbocycles. The monoisotopic (exact) mass is 386 g/mol. The number of amides is 3. The second-order valence-electron chi connectivity index (χ2n) is 7.66. The fraction of sp³-hybridized carbons (Fsp3) is 0.400. The van der Waals surface area contributed by atoms with Gasteiger partial charge in [0.15, 0.2) is 0 Å². The van der Waals surface area contributed by atoms with Crippen molar-refractivity contribution < 1.29 is 28.8 Å². The molecule has 0 fully saturated rings. The molecule has 148 valence electrons. The Labute approximate surface area is 162 Å². The molecule has 0 spiro atoms. The Balaban J connectivity index is 1.69. The number of hydroxylamine groups is 2. The number of hydrogen-bond donors (Lipinski definition) is 1. The summed E-state index contributed by atoms with van der Waals surface area (Å²) in [5.41, 5.74) is -0.301. The maximum absolute atomic E-state index is 12.7. The average Bonchev–Trinajstić information content (AvgIpc) is 2.86. The molecule has 2 aliphatic rings. The topological polar surface area (TPSA) is 102 Å². The summed E-state index contributed by atoms with van der Waals surface area (Å²) in [4.78, 5) is 54.6. The summed E-state index contributed by atoms with van der Waals surface area (Å²) in [6.45, 7) is 5.21. The molecule has 0 saturated heterocycles. The standard InChI is InChI=1S/C20H22N2O6/c1-20(2,3)27-19(26)21-15-11-7-6-10-14(15)18(25)28-22-16(23)12-8-4-5-9-13(12)17(22)24/h4-9,14-15H,10-11H2,1-3H3,(H,21,26)/t14-,15+/m0/s1. The van der Waals surface area contributed by atoms with Gasteiger partial charge in [0, 0.05) is 6.04 Å². The van der Waals surface area contributed by atoms with Crippen molar-refractivity contribution in [2.24, 2.45) is 5.92 Å². The number of carbonyl (C=O) groups is 4. The van der Waals surface area contributed by atoms with E-state index >= 15 is 0 Å². The van der Waals surface area contributed by atoms with Crippen molar-refractivity contribution in [3.05, 3.63) is 47.5 Å². The number of carbonyl (C=O) groups excluding carboxylic acids is 4. The smallest absolute Gasteiger partial charge is 0.407 e. The normalized spacial score (nSPS) is 21.3. The summed E-state index contributed by atoms with van der Waals surface area (Å²) in [5.74, 6) is -2.88. The van der Waals surface area contributed by atoms with Gasteiger partial charge in [-0.25, -0.2) is 9.59 Å². The minimum atomic E-state index is -0.764. The highest BCUT2D eigenvalue weighted by Crippen LogP contribution is 2.26. The van der Waals surface area contributed by atoms with Crippen molar-refractivity contribution in [1.29, 1.82) is 0 Å². The molecule has 0 bridgehead atoms. The molecule has 1 aromatic rings. The summed E-state index contributed by atoms with van der Waals surface area (Å²) in [6, 6.07) is 5.69. The second-order valence-corrected chi connectivity index (χ2v) is 7.66. The van der Waals surface area contributed by atoms with E-state index in [-0.39, 0.29) is 11.1 Å². The molecule has 28 heavy (non-hydrogen) atoms. The summed E-state index contributed by atoms with van der Waals surface area (Å²) < 4.78 is 5.23. The highest BCUT2D eigenvalue weighted by atomic mass is 16.7. The van der Waals surface area contributed by atoms with Gasteiger partial charge in [0.05, 0.1) is 17.0 Å².